The van der Waals surface area contributed by atoms with Crippen LogP contribution in [0.3, 0.4) is 0 Å². The molecule has 1 aliphatic rings. The van der Waals surface area contributed by atoms with Crippen LogP contribution in [-0.4, -0.2) is 55.5 Å². The Labute approximate surface area is 190 Å². The first-order valence-corrected chi connectivity index (χ1v) is 10.5. The zero-order valence-electron chi connectivity index (χ0n) is 17.6. The zero-order valence-corrected chi connectivity index (χ0v) is 19.9. The lowest BCUT2D eigenvalue weighted by Gasteiger charge is -2.24. The molecule has 162 valence electrons. The highest BCUT2D eigenvalue weighted by Crippen LogP contribution is 2.32. The SMILES string of the molecule is CCNC(=NCC1(CCO)CCOC1)NCCc1c[nH]c2c(CC)cccc12.I. The van der Waals surface area contributed by atoms with Gasteiger partial charge in [0.15, 0.2) is 5.96 Å². The van der Waals surface area contributed by atoms with Gasteiger partial charge in [-0.1, -0.05) is 25.1 Å². The summed E-state index contributed by atoms with van der Waals surface area (Å²) in [5, 5.41) is 17.5. The van der Waals surface area contributed by atoms with Gasteiger partial charge in [0.05, 0.1) is 13.2 Å². The monoisotopic (exact) mass is 514 g/mol. The molecule has 0 bridgehead atoms. The molecule has 29 heavy (non-hydrogen) atoms. The van der Waals surface area contributed by atoms with Crippen LogP contribution in [0.4, 0.5) is 0 Å². The van der Waals surface area contributed by atoms with E-state index in [1.54, 1.807) is 0 Å². The van der Waals surface area contributed by atoms with E-state index < -0.39 is 0 Å². The molecule has 0 saturated carbocycles. The Bertz CT molecular complexity index is 784. The van der Waals surface area contributed by atoms with Gasteiger partial charge >= 0.3 is 0 Å². The number of H-pyrrole nitrogens is 1. The molecular formula is C22H35IN4O2. The van der Waals surface area contributed by atoms with Gasteiger partial charge in [-0.25, -0.2) is 0 Å². The molecule has 1 unspecified atom stereocenters. The van der Waals surface area contributed by atoms with Crippen LogP contribution in [-0.2, 0) is 17.6 Å². The molecule has 2 aromatic rings. The molecule has 6 nitrogen and oxygen atoms in total. The van der Waals surface area contributed by atoms with Crippen LogP contribution >= 0.6 is 24.0 Å². The first kappa shape index (κ1) is 24.0. The van der Waals surface area contributed by atoms with Gasteiger partial charge in [0.2, 0.25) is 0 Å². The van der Waals surface area contributed by atoms with E-state index in [0.717, 1.165) is 51.3 Å². The summed E-state index contributed by atoms with van der Waals surface area (Å²) in [5.41, 5.74) is 3.92. The van der Waals surface area contributed by atoms with Crippen molar-refractivity contribution in [3.05, 3.63) is 35.5 Å². The third-order valence-electron chi connectivity index (χ3n) is 5.70. The van der Waals surface area contributed by atoms with Crippen molar-refractivity contribution < 1.29 is 9.84 Å². The Kier molecular flexibility index (Phi) is 9.71. The fourth-order valence-electron chi connectivity index (χ4n) is 3.97. The highest BCUT2D eigenvalue weighted by Gasteiger charge is 2.34. The molecule has 7 heteroatoms. The normalized spacial score (nSPS) is 19.3. The number of aliphatic hydroxyl groups excluding tert-OH is 1. The van der Waals surface area contributed by atoms with Gasteiger partial charge in [0, 0.05) is 48.8 Å². The lowest BCUT2D eigenvalue weighted by Crippen LogP contribution is -2.39. The second-order valence-corrected chi connectivity index (χ2v) is 7.66. The summed E-state index contributed by atoms with van der Waals surface area (Å²) in [6, 6.07) is 6.52. The molecule has 0 amide bonds. The molecule has 2 heterocycles. The number of aryl methyl sites for hydroxylation is 1. The second kappa shape index (κ2) is 11.8. The van der Waals surface area contributed by atoms with Gasteiger partial charge in [-0.15, -0.1) is 24.0 Å². The number of para-hydroxylation sites is 1. The number of halogens is 1. The molecule has 1 aromatic heterocycles. The Morgan fingerprint density at radius 3 is 2.83 bits per heavy atom. The maximum absolute atomic E-state index is 9.39. The first-order chi connectivity index (χ1) is 13.7. The number of nitrogens with one attached hydrogen (secondary N) is 3. The number of benzene rings is 1. The van der Waals surface area contributed by atoms with Gasteiger partial charge in [-0.3, -0.25) is 4.99 Å². The van der Waals surface area contributed by atoms with E-state index in [9.17, 15) is 5.11 Å². The van der Waals surface area contributed by atoms with Gasteiger partial charge < -0.3 is 25.5 Å². The van der Waals surface area contributed by atoms with Crippen molar-refractivity contribution in [2.45, 2.75) is 39.5 Å². The van der Waals surface area contributed by atoms with Crippen LogP contribution in [0, 0.1) is 5.41 Å². The number of rotatable bonds is 9. The van der Waals surface area contributed by atoms with Crippen molar-refractivity contribution in [3.63, 3.8) is 0 Å². The van der Waals surface area contributed by atoms with Crippen molar-refractivity contribution in [2.75, 3.05) is 39.5 Å². The summed E-state index contributed by atoms with van der Waals surface area (Å²) >= 11 is 0. The Hall–Kier alpha value is -1.32. The van der Waals surface area contributed by atoms with Crippen molar-refractivity contribution in [2.24, 2.45) is 10.4 Å². The average Bonchev–Trinajstić information content (AvgIpc) is 3.34. The highest BCUT2D eigenvalue weighted by atomic mass is 127. The van der Waals surface area contributed by atoms with Crippen LogP contribution in [0.25, 0.3) is 10.9 Å². The van der Waals surface area contributed by atoms with Gasteiger partial charge in [0.25, 0.3) is 0 Å². The smallest absolute Gasteiger partial charge is 0.191 e. The number of aliphatic hydroxyl groups is 1. The van der Waals surface area contributed by atoms with Crippen LogP contribution in [0.2, 0.25) is 0 Å². The number of aromatic nitrogens is 1. The minimum Gasteiger partial charge on any atom is -0.396 e. The maximum atomic E-state index is 9.39. The summed E-state index contributed by atoms with van der Waals surface area (Å²) in [6.07, 6.45) is 5.80. The summed E-state index contributed by atoms with van der Waals surface area (Å²) in [7, 11) is 0. The Morgan fingerprint density at radius 1 is 1.28 bits per heavy atom. The Morgan fingerprint density at radius 2 is 2.14 bits per heavy atom. The molecule has 0 aliphatic carbocycles. The quantitative estimate of drug-likeness (QED) is 0.235. The van der Waals surface area contributed by atoms with E-state index in [2.05, 4.69) is 53.9 Å². The van der Waals surface area contributed by atoms with Crippen LogP contribution in [0.1, 0.15) is 37.8 Å². The summed E-state index contributed by atoms with van der Waals surface area (Å²) in [5.74, 6) is 0.834. The van der Waals surface area contributed by atoms with E-state index in [-0.39, 0.29) is 36.0 Å². The molecule has 1 aromatic carbocycles. The standard InChI is InChI=1S/C22H34N4O2.HI/c1-3-17-6-5-7-19-18(14-25-20(17)19)8-11-24-21(23-4-2)26-15-22(9-12-27)10-13-28-16-22;/h5-7,14,25,27H,3-4,8-13,15-16H2,1-2H3,(H2,23,24,26);1H. The number of guanidine groups is 1. The molecule has 1 saturated heterocycles. The minimum absolute atomic E-state index is 0. The van der Waals surface area contributed by atoms with Crippen LogP contribution < -0.4 is 10.6 Å². The lowest BCUT2D eigenvalue weighted by molar-refractivity contribution is 0.131. The molecular weight excluding hydrogens is 479 g/mol. The number of fused-ring (bicyclic) bond motifs is 1. The summed E-state index contributed by atoms with van der Waals surface area (Å²) < 4.78 is 5.57. The van der Waals surface area contributed by atoms with Crippen LogP contribution in [0.5, 0.6) is 0 Å². The zero-order chi connectivity index (χ0) is 19.8. The first-order valence-electron chi connectivity index (χ1n) is 10.5. The Balaban J connectivity index is 0.00000300. The number of ether oxygens (including phenoxy) is 1. The average molecular weight is 514 g/mol. The van der Waals surface area contributed by atoms with E-state index in [0.29, 0.717) is 13.2 Å². The number of aromatic amines is 1. The van der Waals surface area contributed by atoms with Crippen molar-refractivity contribution >= 4 is 40.8 Å². The molecule has 1 fully saturated rings. The van der Waals surface area contributed by atoms with Crippen molar-refractivity contribution in [1.82, 2.24) is 15.6 Å². The third-order valence-corrected chi connectivity index (χ3v) is 5.70. The second-order valence-electron chi connectivity index (χ2n) is 7.66. The molecule has 0 radical (unpaired) electrons. The number of nitrogens with zero attached hydrogens (tertiary/aromatic N) is 1. The van der Waals surface area contributed by atoms with Gasteiger partial charge in [-0.05, 0) is 43.7 Å². The predicted octanol–water partition coefficient (Wildman–Crippen LogP) is 3.24. The fourth-order valence-corrected chi connectivity index (χ4v) is 3.97. The third kappa shape index (κ3) is 6.08. The van der Waals surface area contributed by atoms with E-state index in [1.807, 2.05) is 0 Å². The molecule has 4 N–H and O–H groups in total. The largest absolute Gasteiger partial charge is 0.396 e. The molecule has 3 rings (SSSR count). The highest BCUT2D eigenvalue weighted by molar-refractivity contribution is 14.0. The molecule has 1 aliphatic heterocycles. The topological polar surface area (TPSA) is 81.7 Å². The minimum atomic E-state index is -0.0233. The fraction of sp³-hybridized carbons (Fsp3) is 0.591. The maximum Gasteiger partial charge on any atom is 0.191 e. The van der Waals surface area contributed by atoms with Gasteiger partial charge in [-0.2, -0.15) is 0 Å². The predicted molar refractivity (Wildman–Crippen MR) is 130 cm³/mol. The van der Waals surface area contributed by atoms with E-state index >= 15 is 0 Å². The summed E-state index contributed by atoms with van der Waals surface area (Å²) in [6.45, 7) is 8.21. The van der Waals surface area contributed by atoms with Crippen molar-refractivity contribution in [3.8, 4) is 0 Å². The number of aliphatic imine (C=N–C) groups is 1. The molecule has 0 spiro atoms. The van der Waals surface area contributed by atoms with Crippen LogP contribution in [0.15, 0.2) is 29.4 Å². The van der Waals surface area contributed by atoms with Crippen molar-refractivity contribution in [1.29, 1.82) is 0 Å². The molecule has 1 atom stereocenters. The number of hydrogen-bond acceptors (Lipinski definition) is 3. The van der Waals surface area contributed by atoms with E-state index in [4.69, 9.17) is 9.73 Å². The number of hydrogen-bond donors (Lipinski definition) is 4. The lowest BCUT2D eigenvalue weighted by atomic mass is 9.84. The van der Waals surface area contributed by atoms with Gasteiger partial charge in [0.1, 0.15) is 0 Å². The summed E-state index contributed by atoms with van der Waals surface area (Å²) in [4.78, 5) is 8.23. The van der Waals surface area contributed by atoms with E-state index in [1.165, 1.54) is 22.0 Å².